The van der Waals surface area contributed by atoms with Crippen molar-refractivity contribution in [2.75, 3.05) is 5.32 Å². The summed E-state index contributed by atoms with van der Waals surface area (Å²) in [6.45, 7) is 0.170. The van der Waals surface area contributed by atoms with Gasteiger partial charge in [0.05, 0.1) is 16.3 Å². The first-order valence-corrected chi connectivity index (χ1v) is 7.97. The van der Waals surface area contributed by atoms with Crippen LogP contribution >= 0.6 is 34.2 Å². The van der Waals surface area contributed by atoms with Crippen LogP contribution in [0.4, 0.5) is 10.2 Å². The van der Waals surface area contributed by atoms with Gasteiger partial charge in [0.1, 0.15) is 11.5 Å². The summed E-state index contributed by atoms with van der Waals surface area (Å²) in [5.41, 5.74) is 0.704. The fourth-order valence-corrected chi connectivity index (χ4v) is 2.70. The zero-order chi connectivity index (χ0) is 16.4. The van der Waals surface area contributed by atoms with Gasteiger partial charge in [-0.25, -0.2) is 4.39 Å². The van der Waals surface area contributed by atoms with Crippen molar-refractivity contribution in [1.29, 1.82) is 0 Å². The first-order valence-electron chi connectivity index (χ1n) is 6.51. The maximum absolute atomic E-state index is 13.8. The molecule has 6 nitrogen and oxygen atoms in total. The zero-order valence-electron chi connectivity index (χ0n) is 11.6. The van der Waals surface area contributed by atoms with E-state index in [0.717, 1.165) is 0 Å². The highest BCUT2D eigenvalue weighted by Gasteiger charge is 2.14. The molecule has 2 aromatic heterocycles. The highest BCUT2D eigenvalue weighted by Crippen LogP contribution is 2.20. The first-order chi connectivity index (χ1) is 11.0. The normalized spacial score (nSPS) is 10.7. The van der Waals surface area contributed by atoms with E-state index in [0.29, 0.717) is 25.7 Å². The number of nitrogens with one attached hydrogen (secondary N) is 2. The standard InChI is InChI=1S/C14H10ClFIN5O/c15-9-2-1-3-10(16)8(9)7-22-5-4-12(21-22)19-14(23)13-11(17)6-18-20-13/h1-6H,7H2,(H,18,20)(H,19,21,23). The summed E-state index contributed by atoms with van der Waals surface area (Å²) in [6, 6.07) is 6.12. The number of aromatic amines is 1. The molecule has 9 heteroatoms. The highest BCUT2D eigenvalue weighted by atomic mass is 127. The Morgan fingerprint density at radius 1 is 1.43 bits per heavy atom. The molecule has 3 rings (SSSR count). The Kier molecular flexibility index (Phi) is 4.62. The lowest BCUT2D eigenvalue weighted by Crippen LogP contribution is -2.14. The Morgan fingerprint density at radius 2 is 2.26 bits per heavy atom. The molecule has 2 heterocycles. The van der Waals surface area contributed by atoms with Crippen molar-refractivity contribution in [1.82, 2.24) is 20.0 Å². The van der Waals surface area contributed by atoms with Crippen molar-refractivity contribution < 1.29 is 9.18 Å². The van der Waals surface area contributed by atoms with Crippen LogP contribution in [0.25, 0.3) is 0 Å². The molecule has 0 aliphatic carbocycles. The highest BCUT2D eigenvalue weighted by molar-refractivity contribution is 14.1. The van der Waals surface area contributed by atoms with Crippen molar-refractivity contribution >= 4 is 45.9 Å². The summed E-state index contributed by atoms with van der Waals surface area (Å²) in [5, 5.41) is 13.6. The number of anilines is 1. The Labute approximate surface area is 149 Å². The topological polar surface area (TPSA) is 75.6 Å². The van der Waals surface area contributed by atoms with Crippen molar-refractivity contribution in [2.24, 2.45) is 0 Å². The van der Waals surface area contributed by atoms with Gasteiger partial charge < -0.3 is 5.32 Å². The lowest BCUT2D eigenvalue weighted by molar-refractivity contribution is 0.102. The lowest BCUT2D eigenvalue weighted by atomic mass is 10.2. The third-order valence-corrected chi connectivity index (χ3v) is 4.26. The van der Waals surface area contributed by atoms with Gasteiger partial charge in [-0.3, -0.25) is 14.6 Å². The van der Waals surface area contributed by atoms with E-state index in [1.165, 1.54) is 10.7 Å². The molecule has 0 atom stereocenters. The van der Waals surface area contributed by atoms with Gasteiger partial charge in [-0.1, -0.05) is 17.7 Å². The van der Waals surface area contributed by atoms with E-state index in [9.17, 15) is 9.18 Å². The summed E-state index contributed by atoms with van der Waals surface area (Å²) in [7, 11) is 0. The summed E-state index contributed by atoms with van der Waals surface area (Å²) in [5.74, 6) is -0.389. The molecule has 0 spiro atoms. The number of hydrogen-bond acceptors (Lipinski definition) is 3. The van der Waals surface area contributed by atoms with E-state index >= 15 is 0 Å². The molecule has 0 radical (unpaired) electrons. The van der Waals surface area contributed by atoms with Crippen LogP contribution < -0.4 is 5.32 Å². The van der Waals surface area contributed by atoms with E-state index in [4.69, 9.17) is 11.6 Å². The molecule has 1 amide bonds. The minimum atomic E-state index is -0.398. The minimum Gasteiger partial charge on any atom is -0.304 e. The summed E-state index contributed by atoms with van der Waals surface area (Å²) < 4.78 is 16.0. The van der Waals surface area contributed by atoms with Crippen LogP contribution in [-0.2, 0) is 6.54 Å². The number of aromatic nitrogens is 4. The molecular formula is C14H10ClFIN5O. The quantitative estimate of drug-likeness (QED) is 0.605. The van der Waals surface area contributed by atoms with Crippen LogP contribution in [-0.4, -0.2) is 25.9 Å². The molecule has 0 saturated carbocycles. The number of carbonyl (C=O) groups is 1. The first kappa shape index (κ1) is 15.9. The Morgan fingerprint density at radius 3 is 2.96 bits per heavy atom. The van der Waals surface area contributed by atoms with Gasteiger partial charge in [0, 0.05) is 22.8 Å². The molecule has 23 heavy (non-hydrogen) atoms. The number of amides is 1. The van der Waals surface area contributed by atoms with Crippen LogP contribution in [0.1, 0.15) is 16.1 Å². The van der Waals surface area contributed by atoms with Gasteiger partial charge in [0.2, 0.25) is 0 Å². The number of H-pyrrole nitrogens is 1. The molecule has 0 aliphatic rings. The van der Waals surface area contributed by atoms with Crippen LogP contribution in [0.15, 0.2) is 36.7 Å². The van der Waals surface area contributed by atoms with Crippen LogP contribution in [0.2, 0.25) is 5.02 Å². The largest absolute Gasteiger partial charge is 0.304 e. The number of benzene rings is 1. The predicted octanol–water partition coefficient (Wildman–Crippen LogP) is 3.30. The molecule has 2 N–H and O–H groups in total. The summed E-state index contributed by atoms with van der Waals surface area (Å²) in [4.78, 5) is 12.1. The smallest absolute Gasteiger partial charge is 0.275 e. The summed E-state index contributed by atoms with van der Waals surface area (Å²) >= 11 is 8.00. The second-order valence-corrected chi connectivity index (χ2v) is 6.22. The van der Waals surface area contributed by atoms with Crippen molar-refractivity contribution in [3.63, 3.8) is 0 Å². The second-order valence-electron chi connectivity index (χ2n) is 4.65. The number of hydrogen-bond donors (Lipinski definition) is 2. The summed E-state index contributed by atoms with van der Waals surface area (Å²) in [6.07, 6.45) is 3.19. The molecule has 3 aromatic rings. The molecule has 0 bridgehead atoms. The van der Waals surface area contributed by atoms with Crippen LogP contribution in [0.5, 0.6) is 0 Å². The van der Waals surface area contributed by atoms with Crippen molar-refractivity contribution in [3.05, 3.63) is 62.3 Å². The fraction of sp³-hybridized carbons (Fsp3) is 0.0714. The molecule has 0 saturated heterocycles. The van der Waals surface area contributed by atoms with Gasteiger partial charge >= 0.3 is 0 Å². The predicted molar refractivity (Wildman–Crippen MR) is 92.0 cm³/mol. The Bertz CT molecular complexity index is 842. The van der Waals surface area contributed by atoms with Crippen LogP contribution in [0, 0.1) is 9.39 Å². The molecule has 0 aliphatic heterocycles. The van der Waals surface area contributed by atoms with Gasteiger partial charge in [-0.15, -0.1) is 0 Å². The van der Waals surface area contributed by atoms with E-state index in [-0.39, 0.29) is 12.5 Å². The number of rotatable bonds is 4. The molecule has 1 aromatic carbocycles. The van der Waals surface area contributed by atoms with Crippen LogP contribution in [0.3, 0.4) is 0 Å². The van der Waals surface area contributed by atoms with Crippen molar-refractivity contribution in [3.8, 4) is 0 Å². The van der Waals surface area contributed by atoms with E-state index in [1.54, 1.807) is 30.6 Å². The second kappa shape index (κ2) is 6.67. The maximum Gasteiger partial charge on any atom is 0.275 e. The van der Waals surface area contributed by atoms with Gasteiger partial charge in [0.15, 0.2) is 5.82 Å². The average molecular weight is 446 g/mol. The minimum absolute atomic E-state index is 0.170. The fourth-order valence-electron chi connectivity index (χ4n) is 1.97. The number of nitrogens with zero attached hydrogens (tertiary/aromatic N) is 3. The number of carbonyl (C=O) groups excluding carboxylic acids is 1. The Hall–Kier alpha value is -1.94. The monoisotopic (exact) mass is 445 g/mol. The van der Waals surface area contributed by atoms with Gasteiger partial charge in [0.25, 0.3) is 5.91 Å². The third kappa shape index (κ3) is 3.53. The van der Waals surface area contributed by atoms with E-state index in [1.807, 2.05) is 22.6 Å². The van der Waals surface area contributed by atoms with Gasteiger partial charge in [-0.05, 0) is 34.7 Å². The van der Waals surface area contributed by atoms with Crippen molar-refractivity contribution in [2.45, 2.75) is 6.54 Å². The number of halogens is 3. The lowest BCUT2D eigenvalue weighted by Gasteiger charge is -2.06. The average Bonchev–Trinajstić information content (AvgIpc) is 3.12. The molecular weight excluding hydrogens is 436 g/mol. The maximum atomic E-state index is 13.8. The molecule has 118 valence electrons. The zero-order valence-corrected chi connectivity index (χ0v) is 14.5. The molecule has 0 fully saturated rings. The molecule has 0 unspecified atom stereocenters. The SMILES string of the molecule is O=C(Nc1ccn(Cc2c(F)cccc2Cl)n1)c1[nH]ncc1I. The van der Waals surface area contributed by atoms with E-state index < -0.39 is 5.82 Å². The van der Waals surface area contributed by atoms with E-state index in [2.05, 4.69) is 20.6 Å². The van der Waals surface area contributed by atoms with Gasteiger partial charge in [-0.2, -0.15) is 10.2 Å². The third-order valence-electron chi connectivity index (χ3n) is 3.08. The Balaban J connectivity index is 1.74.